The van der Waals surface area contributed by atoms with Crippen molar-refractivity contribution in [2.45, 2.75) is 0 Å². The number of halogens is 2. The Morgan fingerprint density at radius 3 is 2.70 bits per heavy atom. The normalized spacial score (nSPS) is 10.2. The Bertz CT molecular complexity index is 664. The van der Waals surface area contributed by atoms with E-state index in [1.807, 2.05) is 0 Å². The maximum atomic E-state index is 13.6. The summed E-state index contributed by atoms with van der Waals surface area (Å²) >= 11 is 5.60. The fourth-order valence-electron chi connectivity index (χ4n) is 1.49. The van der Waals surface area contributed by atoms with E-state index in [0.29, 0.717) is 0 Å². The lowest BCUT2D eigenvalue weighted by Gasteiger charge is -2.10. The number of carbonyl (C=O) groups is 1. The van der Waals surface area contributed by atoms with Gasteiger partial charge in [-0.1, -0.05) is 11.6 Å². The van der Waals surface area contributed by atoms with Gasteiger partial charge in [-0.2, -0.15) is 0 Å². The Balaban J connectivity index is 2.35. The topological polar surface area (TPSA) is 74.4 Å². The number of methoxy groups -OCH3 is 1. The zero-order chi connectivity index (χ0) is 14.7. The molecule has 0 fully saturated rings. The molecule has 1 amide bonds. The molecule has 1 heterocycles. The minimum absolute atomic E-state index is 0.158. The first-order valence-electron chi connectivity index (χ1n) is 5.48. The number of hydrogen-bond acceptors (Lipinski definition) is 4. The van der Waals surface area contributed by atoms with Crippen LogP contribution < -0.4 is 15.2 Å². The first-order chi connectivity index (χ1) is 9.51. The number of hydrogen-bond donors (Lipinski definition) is 1. The van der Waals surface area contributed by atoms with Crippen molar-refractivity contribution in [1.29, 1.82) is 0 Å². The number of pyridine rings is 1. The highest BCUT2D eigenvalue weighted by Gasteiger charge is 2.13. The van der Waals surface area contributed by atoms with Gasteiger partial charge in [0.05, 0.1) is 12.1 Å². The van der Waals surface area contributed by atoms with Gasteiger partial charge in [0.25, 0.3) is 5.88 Å². The Morgan fingerprint density at radius 2 is 2.10 bits per heavy atom. The molecule has 0 spiro atoms. The van der Waals surface area contributed by atoms with Crippen molar-refractivity contribution >= 4 is 17.5 Å². The van der Waals surface area contributed by atoms with E-state index in [1.165, 1.54) is 31.5 Å². The number of carbonyl (C=O) groups excluding carboxylic acids is 1. The molecule has 0 saturated heterocycles. The van der Waals surface area contributed by atoms with Crippen molar-refractivity contribution in [3.8, 4) is 17.4 Å². The molecule has 0 unspecified atom stereocenters. The van der Waals surface area contributed by atoms with Gasteiger partial charge in [-0.3, -0.25) is 4.79 Å². The summed E-state index contributed by atoms with van der Waals surface area (Å²) in [5.74, 6) is -1.13. The van der Waals surface area contributed by atoms with Crippen LogP contribution in [0.25, 0.3) is 0 Å². The van der Waals surface area contributed by atoms with E-state index in [2.05, 4.69) is 4.98 Å². The molecule has 2 rings (SSSR count). The fraction of sp³-hybridized carbons (Fsp3) is 0.0769. The highest BCUT2D eigenvalue weighted by molar-refractivity contribution is 6.30. The smallest absolute Gasteiger partial charge is 0.256 e. The molecule has 0 aliphatic heterocycles. The van der Waals surface area contributed by atoms with Crippen LogP contribution in [0.5, 0.6) is 17.4 Å². The van der Waals surface area contributed by atoms with E-state index < -0.39 is 11.7 Å². The second kappa shape index (κ2) is 5.75. The summed E-state index contributed by atoms with van der Waals surface area (Å²) in [5, 5.41) is 0.158. The van der Waals surface area contributed by atoms with Crippen LogP contribution in [0.15, 0.2) is 30.5 Å². The van der Waals surface area contributed by atoms with E-state index in [9.17, 15) is 9.18 Å². The number of ether oxygens (including phenoxy) is 2. The van der Waals surface area contributed by atoms with Gasteiger partial charge in [-0.25, -0.2) is 9.37 Å². The monoisotopic (exact) mass is 296 g/mol. The van der Waals surface area contributed by atoms with Crippen molar-refractivity contribution < 1.29 is 18.7 Å². The van der Waals surface area contributed by atoms with Crippen molar-refractivity contribution in [2.75, 3.05) is 7.11 Å². The third-order valence-corrected chi connectivity index (χ3v) is 2.64. The lowest BCUT2D eigenvalue weighted by Crippen LogP contribution is -2.10. The Morgan fingerprint density at radius 1 is 1.35 bits per heavy atom. The molecule has 7 heteroatoms. The first kappa shape index (κ1) is 14.1. The number of rotatable bonds is 4. The minimum atomic E-state index is -0.710. The molecular weight excluding hydrogens is 287 g/mol. The number of benzene rings is 1. The highest BCUT2D eigenvalue weighted by Crippen LogP contribution is 2.32. The molecule has 1 aromatic heterocycles. The Labute approximate surface area is 119 Å². The molecule has 104 valence electrons. The van der Waals surface area contributed by atoms with Crippen LogP contribution in [0.4, 0.5) is 4.39 Å². The third kappa shape index (κ3) is 2.97. The van der Waals surface area contributed by atoms with Gasteiger partial charge >= 0.3 is 0 Å². The Hall–Kier alpha value is -2.34. The van der Waals surface area contributed by atoms with E-state index >= 15 is 0 Å². The average Bonchev–Trinajstić information content (AvgIpc) is 2.42. The van der Waals surface area contributed by atoms with Crippen molar-refractivity contribution in [1.82, 2.24) is 4.98 Å². The average molecular weight is 297 g/mol. The number of aromatic nitrogens is 1. The molecule has 1 aromatic carbocycles. The zero-order valence-electron chi connectivity index (χ0n) is 10.4. The van der Waals surface area contributed by atoms with E-state index in [4.69, 9.17) is 26.8 Å². The second-order valence-electron chi connectivity index (χ2n) is 3.77. The lowest BCUT2D eigenvalue weighted by atomic mass is 10.2. The van der Waals surface area contributed by atoms with Crippen LogP contribution in [0.3, 0.4) is 0 Å². The standard InChI is InChI=1S/C13H10ClFN2O3/c1-19-11-4-7(12(16)18)2-3-10(11)20-13-9(15)5-8(14)6-17-13/h2-6H,1H3,(H2,16,18). The Kier molecular flexibility index (Phi) is 4.05. The predicted molar refractivity (Wildman–Crippen MR) is 70.8 cm³/mol. The molecule has 0 radical (unpaired) electrons. The summed E-state index contributed by atoms with van der Waals surface area (Å²) in [6, 6.07) is 5.35. The van der Waals surface area contributed by atoms with Crippen LogP contribution in [0.2, 0.25) is 5.02 Å². The summed E-state index contributed by atoms with van der Waals surface area (Å²) in [4.78, 5) is 14.8. The summed E-state index contributed by atoms with van der Waals surface area (Å²) < 4.78 is 24.0. The van der Waals surface area contributed by atoms with Crippen LogP contribution in [-0.4, -0.2) is 18.0 Å². The summed E-state index contributed by atoms with van der Waals surface area (Å²) in [6.45, 7) is 0. The molecule has 0 bridgehead atoms. The SMILES string of the molecule is COc1cc(C(N)=O)ccc1Oc1ncc(Cl)cc1F. The maximum Gasteiger partial charge on any atom is 0.256 e. The third-order valence-electron chi connectivity index (χ3n) is 2.43. The van der Waals surface area contributed by atoms with Crippen LogP contribution >= 0.6 is 11.6 Å². The lowest BCUT2D eigenvalue weighted by molar-refractivity contribution is 0.1000. The number of nitrogens with two attached hydrogens (primary N) is 1. The largest absolute Gasteiger partial charge is 0.493 e. The van der Waals surface area contributed by atoms with Gasteiger partial charge in [0, 0.05) is 11.8 Å². The predicted octanol–water partition coefficient (Wildman–Crippen LogP) is 2.77. The van der Waals surface area contributed by atoms with Crippen LogP contribution in [0, 0.1) is 5.82 Å². The van der Waals surface area contributed by atoms with Gasteiger partial charge in [0.2, 0.25) is 5.91 Å². The maximum absolute atomic E-state index is 13.6. The molecule has 2 N–H and O–H groups in total. The van der Waals surface area contributed by atoms with Gasteiger partial charge in [0.15, 0.2) is 17.3 Å². The van der Waals surface area contributed by atoms with Crippen LogP contribution in [-0.2, 0) is 0 Å². The molecule has 20 heavy (non-hydrogen) atoms. The second-order valence-corrected chi connectivity index (χ2v) is 4.21. The van der Waals surface area contributed by atoms with Crippen LogP contribution in [0.1, 0.15) is 10.4 Å². The van der Waals surface area contributed by atoms with Gasteiger partial charge in [0.1, 0.15) is 0 Å². The minimum Gasteiger partial charge on any atom is -0.493 e. The van der Waals surface area contributed by atoms with Gasteiger partial charge < -0.3 is 15.2 Å². The quantitative estimate of drug-likeness (QED) is 0.941. The summed E-state index contributed by atoms with van der Waals surface area (Å²) in [5.41, 5.74) is 5.41. The summed E-state index contributed by atoms with van der Waals surface area (Å²) in [7, 11) is 1.39. The van der Waals surface area contributed by atoms with Gasteiger partial charge in [-0.15, -0.1) is 0 Å². The first-order valence-corrected chi connectivity index (χ1v) is 5.86. The molecule has 0 atom stereocenters. The highest BCUT2D eigenvalue weighted by atomic mass is 35.5. The van der Waals surface area contributed by atoms with E-state index in [0.717, 1.165) is 6.07 Å². The molecule has 0 aliphatic rings. The molecule has 2 aromatic rings. The molecule has 0 aliphatic carbocycles. The number of amides is 1. The van der Waals surface area contributed by atoms with Crippen molar-refractivity contribution in [3.05, 3.63) is 46.9 Å². The fourth-order valence-corrected chi connectivity index (χ4v) is 1.63. The van der Waals surface area contributed by atoms with E-state index in [-0.39, 0.29) is 28.0 Å². The number of nitrogens with zero attached hydrogens (tertiary/aromatic N) is 1. The molecular formula is C13H10ClFN2O3. The van der Waals surface area contributed by atoms with E-state index in [1.54, 1.807) is 0 Å². The summed E-state index contributed by atoms with van der Waals surface area (Å²) in [6.07, 6.45) is 1.25. The van der Waals surface area contributed by atoms with Crippen molar-refractivity contribution in [2.24, 2.45) is 5.73 Å². The molecule has 0 saturated carbocycles. The molecule has 5 nitrogen and oxygen atoms in total. The zero-order valence-corrected chi connectivity index (χ0v) is 11.1. The van der Waals surface area contributed by atoms with Gasteiger partial charge in [-0.05, 0) is 24.3 Å². The number of primary amides is 1. The van der Waals surface area contributed by atoms with Crippen molar-refractivity contribution in [3.63, 3.8) is 0 Å².